The van der Waals surface area contributed by atoms with Crippen molar-refractivity contribution < 1.29 is 37.2 Å². The summed E-state index contributed by atoms with van der Waals surface area (Å²) in [7, 11) is -3.67. The molecule has 0 aliphatic rings. The van der Waals surface area contributed by atoms with Gasteiger partial charge in [0.15, 0.2) is 0 Å². The van der Waals surface area contributed by atoms with Crippen molar-refractivity contribution in [3.05, 3.63) is 29.3 Å². The fraction of sp³-hybridized carbons (Fsp3) is 0.222. The first kappa shape index (κ1) is 16.5. The van der Waals surface area contributed by atoms with Gasteiger partial charge in [0.05, 0.1) is 4.90 Å². The van der Waals surface area contributed by atoms with Gasteiger partial charge in [-0.15, -0.1) is 0 Å². The van der Waals surface area contributed by atoms with Crippen LogP contribution in [0.15, 0.2) is 29.2 Å². The van der Waals surface area contributed by atoms with Gasteiger partial charge in [-0.3, -0.25) is 0 Å². The smallest absolute Gasteiger partial charge is 0.550 e. The van der Waals surface area contributed by atoms with E-state index in [4.69, 9.17) is 11.6 Å². The van der Waals surface area contributed by atoms with Crippen LogP contribution in [0.2, 0.25) is 5.02 Å². The van der Waals surface area contributed by atoms with Gasteiger partial charge in [0.2, 0.25) is 10.0 Å². The molecule has 0 radical (unpaired) electrons. The summed E-state index contributed by atoms with van der Waals surface area (Å²) in [5.41, 5.74) is 0. The Hall–Kier alpha value is -0.513. The van der Waals surface area contributed by atoms with Gasteiger partial charge in [-0.1, -0.05) is 11.6 Å². The Morgan fingerprint density at radius 1 is 1.29 bits per heavy atom. The predicted octanol–water partition coefficient (Wildman–Crippen LogP) is -3.24. The van der Waals surface area contributed by atoms with Crippen molar-refractivity contribution in [2.45, 2.75) is 11.3 Å². The van der Waals surface area contributed by atoms with E-state index in [1.807, 2.05) is 0 Å². The molecule has 0 heterocycles. The molecule has 1 N–H and O–H groups in total. The number of rotatable bonds is 5. The molecule has 0 aliphatic carbocycles. The summed E-state index contributed by atoms with van der Waals surface area (Å²) < 4.78 is 25.2. The molecule has 0 saturated carbocycles. The molecule has 0 aromatic heterocycles. The molecule has 0 fully saturated rings. The maximum absolute atomic E-state index is 11.6. The third-order valence-electron chi connectivity index (χ3n) is 1.75. The summed E-state index contributed by atoms with van der Waals surface area (Å²) in [6.45, 7) is -0.201. The van der Waals surface area contributed by atoms with Crippen LogP contribution in [0.3, 0.4) is 0 Å². The molecule has 1 aromatic carbocycles. The average molecular weight is 270 g/mol. The SMILES string of the molecule is O=C([O-])CCNS(=O)(=O)c1ccc(Cl)cc1.[Li+]. The molecular weight excluding hydrogens is 261 g/mol. The van der Waals surface area contributed by atoms with Crippen molar-refractivity contribution in [1.82, 2.24) is 4.72 Å². The van der Waals surface area contributed by atoms with Crippen molar-refractivity contribution in [2.24, 2.45) is 0 Å². The molecule has 0 bridgehead atoms. The van der Waals surface area contributed by atoms with Crippen LogP contribution in [0.1, 0.15) is 6.42 Å². The fourth-order valence-electron chi connectivity index (χ4n) is 0.985. The third-order valence-corrected chi connectivity index (χ3v) is 3.47. The van der Waals surface area contributed by atoms with Gasteiger partial charge in [0.1, 0.15) is 0 Å². The predicted molar refractivity (Wildman–Crippen MR) is 56.3 cm³/mol. The van der Waals surface area contributed by atoms with Crippen molar-refractivity contribution in [3.63, 3.8) is 0 Å². The van der Waals surface area contributed by atoms with Gasteiger partial charge in [0.25, 0.3) is 0 Å². The normalized spacial score (nSPS) is 10.6. The minimum Gasteiger partial charge on any atom is -0.550 e. The monoisotopic (exact) mass is 269 g/mol. The minimum absolute atomic E-state index is 0. The number of carboxylic acid groups (broad SMARTS) is 1. The summed E-state index contributed by atoms with van der Waals surface area (Å²) in [5, 5.41) is 10.5. The summed E-state index contributed by atoms with van der Waals surface area (Å²) >= 11 is 5.61. The first-order valence-corrected chi connectivity index (χ1v) is 6.23. The topological polar surface area (TPSA) is 86.3 Å². The van der Waals surface area contributed by atoms with Crippen LogP contribution in [0.4, 0.5) is 0 Å². The van der Waals surface area contributed by atoms with Crippen molar-refractivity contribution in [2.75, 3.05) is 6.54 Å². The van der Waals surface area contributed by atoms with Gasteiger partial charge in [0, 0.05) is 24.0 Å². The number of carboxylic acids is 1. The quantitative estimate of drug-likeness (QED) is 0.569. The van der Waals surface area contributed by atoms with Crippen LogP contribution < -0.4 is 28.7 Å². The summed E-state index contributed by atoms with van der Waals surface area (Å²) in [5.74, 6) is -1.31. The standard InChI is InChI=1S/C9H10ClNO4S.Li/c10-7-1-3-8(4-2-7)16(14,15)11-6-5-9(12)13;/h1-4,11H,5-6H2,(H,12,13);/q;+1/p-1. The molecule has 1 rings (SSSR count). The van der Waals surface area contributed by atoms with Gasteiger partial charge >= 0.3 is 18.9 Å². The first-order valence-electron chi connectivity index (χ1n) is 4.37. The third kappa shape index (κ3) is 5.57. The largest absolute Gasteiger partial charge is 1.00 e. The first-order chi connectivity index (χ1) is 7.42. The summed E-state index contributed by atoms with van der Waals surface area (Å²) in [6.07, 6.45) is -0.368. The molecule has 0 aliphatic heterocycles. The molecule has 8 heteroatoms. The van der Waals surface area contributed by atoms with Crippen LogP contribution >= 0.6 is 11.6 Å². The molecule has 0 atom stereocenters. The number of hydrogen-bond acceptors (Lipinski definition) is 4. The molecule has 17 heavy (non-hydrogen) atoms. The van der Waals surface area contributed by atoms with Crippen molar-refractivity contribution in [3.8, 4) is 0 Å². The number of benzene rings is 1. The van der Waals surface area contributed by atoms with E-state index in [9.17, 15) is 18.3 Å². The van der Waals surface area contributed by atoms with Crippen LogP contribution in [0.25, 0.3) is 0 Å². The second-order valence-corrected chi connectivity index (χ2v) is 5.18. The van der Waals surface area contributed by atoms with Gasteiger partial charge in [-0.25, -0.2) is 13.1 Å². The zero-order valence-electron chi connectivity index (χ0n) is 9.14. The Kier molecular flexibility index (Phi) is 6.83. The number of nitrogens with one attached hydrogen (secondary N) is 1. The average Bonchev–Trinajstić information content (AvgIpc) is 2.17. The number of sulfonamides is 1. The second kappa shape index (κ2) is 7.04. The van der Waals surface area contributed by atoms with E-state index in [1.54, 1.807) is 0 Å². The van der Waals surface area contributed by atoms with Crippen LogP contribution in [-0.4, -0.2) is 20.9 Å². The number of halogens is 1. The van der Waals surface area contributed by atoms with E-state index in [1.165, 1.54) is 24.3 Å². The van der Waals surface area contributed by atoms with Crippen LogP contribution in [-0.2, 0) is 14.8 Å². The Bertz CT molecular complexity index is 474. The number of carbonyl (C=O) groups is 1. The minimum atomic E-state index is -3.67. The maximum atomic E-state index is 11.6. The Morgan fingerprint density at radius 2 is 1.82 bits per heavy atom. The van der Waals surface area contributed by atoms with Gasteiger partial charge in [-0.2, -0.15) is 0 Å². The molecule has 0 amide bonds. The van der Waals surface area contributed by atoms with Crippen LogP contribution in [0, 0.1) is 0 Å². The van der Waals surface area contributed by atoms with E-state index in [-0.39, 0.29) is 36.7 Å². The molecule has 0 unspecified atom stereocenters. The zero-order chi connectivity index (χ0) is 12.2. The number of hydrogen-bond donors (Lipinski definition) is 1. The number of aliphatic carboxylic acids is 1. The molecule has 0 saturated heterocycles. The Morgan fingerprint density at radius 3 is 2.29 bits per heavy atom. The molecule has 88 valence electrons. The van der Waals surface area contributed by atoms with Gasteiger partial charge in [-0.05, 0) is 24.3 Å². The number of carbonyl (C=O) groups excluding carboxylic acids is 1. The Balaban J connectivity index is 0.00000256. The van der Waals surface area contributed by atoms with E-state index in [0.29, 0.717) is 5.02 Å². The molecule has 1 aromatic rings. The maximum Gasteiger partial charge on any atom is 1.00 e. The van der Waals surface area contributed by atoms with Crippen molar-refractivity contribution in [1.29, 1.82) is 0 Å². The van der Waals surface area contributed by atoms with Gasteiger partial charge < -0.3 is 9.90 Å². The van der Waals surface area contributed by atoms with Crippen molar-refractivity contribution >= 4 is 27.6 Å². The van der Waals surface area contributed by atoms with Crippen LogP contribution in [0.5, 0.6) is 0 Å². The summed E-state index contributed by atoms with van der Waals surface area (Å²) in [6, 6.07) is 5.55. The molecule has 5 nitrogen and oxygen atoms in total. The van der Waals surface area contributed by atoms with E-state index < -0.39 is 16.0 Å². The molecular formula is C9H9ClLiNO4S. The van der Waals surface area contributed by atoms with E-state index in [2.05, 4.69) is 4.72 Å². The Labute approximate surface area is 116 Å². The summed E-state index contributed by atoms with van der Waals surface area (Å²) in [4.78, 5) is 10.1. The zero-order valence-corrected chi connectivity index (χ0v) is 10.7. The van der Waals surface area contributed by atoms with E-state index in [0.717, 1.165) is 0 Å². The fourth-order valence-corrected chi connectivity index (χ4v) is 2.14. The van der Waals surface area contributed by atoms with E-state index >= 15 is 0 Å². The molecule has 0 spiro atoms. The second-order valence-electron chi connectivity index (χ2n) is 2.97.